The first-order chi connectivity index (χ1) is 9.83. The molecule has 0 fully saturated rings. The normalized spacial score (nSPS) is 14.0. The quantitative estimate of drug-likeness (QED) is 0.795. The summed E-state index contributed by atoms with van der Waals surface area (Å²) in [6.07, 6.45) is -4.66. The van der Waals surface area contributed by atoms with E-state index < -0.39 is 11.7 Å². The van der Waals surface area contributed by atoms with Crippen molar-refractivity contribution < 1.29 is 13.2 Å². The Labute approximate surface area is 121 Å². The maximum absolute atomic E-state index is 13.4. The zero-order valence-corrected chi connectivity index (χ0v) is 11.4. The summed E-state index contributed by atoms with van der Waals surface area (Å²) in [5, 5.41) is 0. The lowest BCUT2D eigenvalue weighted by Gasteiger charge is -2.27. The molecule has 1 atom stereocenters. The van der Waals surface area contributed by atoms with Crippen LogP contribution in [0.3, 0.4) is 0 Å². The second kappa shape index (κ2) is 5.63. The molecule has 0 aromatic heterocycles. The fraction of sp³-hybridized carbons (Fsp3) is 0.176. The fourth-order valence-electron chi connectivity index (χ4n) is 1.89. The summed E-state index contributed by atoms with van der Waals surface area (Å²) in [4.78, 5) is 0. The second-order valence-corrected chi connectivity index (χ2v) is 4.79. The highest BCUT2D eigenvalue weighted by Gasteiger charge is 2.52. The topological polar surface area (TPSA) is 26.0 Å². The minimum Gasteiger partial charge on any atom is -0.304 e. The highest BCUT2D eigenvalue weighted by Crippen LogP contribution is 2.36. The van der Waals surface area contributed by atoms with Gasteiger partial charge in [0.25, 0.3) is 0 Å². The average Bonchev–Trinajstić information content (AvgIpc) is 2.44. The zero-order valence-electron chi connectivity index (χ0n) is 11.4. The molecule has 1 nitrogen and oxygen atoms in total. The molecule has 0 aliphatic carbocycles. The molecule has 108 valence electrons. The van der Waals surface area contributed by atoms with E-state index in [-0.39, 0.29) is 5.56 Å². The van der Waals surface area contributed by atoms with Crippen LogP contribution in [0.1, 0.15) is 16.7 Å². The van der Waals surface area contributed by atoms with Gasteiger partial charge in [-0.1, -0.05) is 59.9 Å². The van der Waals surface area contributed by atoms with Crippen molar-refractivity contribution in [3.8, 4) is 11.8 Å². The third kappa shape index (κ3) is 3.26. The van der Waals surface area contributed by atoms with Crippen molar-refractivity contribution in [3.05, 3.63) is 71.3 Å². The third-order valence-corrected chi connectivity index (χ3v) is 3.10. The summed E-state index contributed by atoms with van der Waals surface area (Å²) in [7, 11) is 0. The van der Waals surface area contributed by atoms with Crippen molar-refractivity contribution in [3.63, 3.8) is 0 Å². The SMILES string of the molecule is Cc1cccc(C(N)(C#Cc2ccccc2)C(F)(F)F)c1. The number of benzene rings is 2. The molecule has 0 amide bonds. The van der Waals surface area contributed by atoms with Gasteiger partial charge >= 0.3 is 6.18 Å². The highest BCUT2D eigenvalue weighted by molar-refractivity contribution is 5.43. The van der Waals surface area contributed by atoms with Gasteiger partial charge in [0.2, 0.25) is 0 Å². The van der Waals surface area contributed by atoms with Crippen LogP contribution in [0.5, 0.6) is 0 Å². The molecular weight excluding hydrogens is 275 g/mol. The number of aryl methyl sites for hydroxylation is 1. The van der Waals surface area contributed by atoms with Gasteiger partial charge in [-0.15, -0.1) is 0 Å². The van der Waals surface area contributed by atoms with Crippen molar-refractivity contribution in [2.75, 3.05) is 0 Å². The van der Waals surface area contributed by atoms with Gasteiger partial charge < -0.3 is 5.73 Å². The van der Waals surface area contributed by atoms with Crippen LogP contribution in [-0.2, 0) is 5.54 Å². The maximum Gasteiger partial charge on any atom is 0.422 e. The smallest absolute Gasteiger partial charge is 0.304 e. The van der Waals surface area contributed by atoms with Gasteiger partial charge in [-0.05, 0) is 24.6 Å². The predicted molar refractivity (Wildman–Crippen MR) is 76.4 cm³/mol. The van der Waals surface area contributed by atoms with E-state index in [1.54, 1.807) is 49.4 Å². The van der Waals surface area contributed by atoms with E-state index in [0.717, 1.165) is 0 Å². The molecule has 0 saturated carbocycles. The van der Waals surface area contributed by atoms with E-state index in [0.29, 0.717) is 11.1 Å². The van der Waals surface area contributed by atoms with Crippen molar-refractivity contribution in [1.29, 1.82) is 0 Å². The molecule has 0 radical (unpaired) electrons. The molecule has 2 aromatic carbocycles. The lowest BCUT2D eigenvalue weighted by Crippen LogP contribution is -2.49. The van der Waals surface area contributed by atoms with E-state index in [4.69, 9.17) is 5.73 Å². The predicted octanol–water partition coefficient (Wildman–Crippen LogP) is 3.76. The summed E-state index contributed by atoms with van der Waals surface area (Å²) in [6, 6.07) is 14.5. The first-order valence-corrected chi connectivity index (χ1v) is 6.34. The van der Waals surface area contributed by atoms with Crippen LogP contribution in [0.4, 0.5) is 13.2 Å². The van der Waals surface area contributed by atoms with Gasteiger partial charge in [0, 0.05) is 5.56 Å². The Morgan fingerprint density at radius 2 is 1.62 bits per heavy atom. The van der Waals surface area contributed by atoms with Crippen molar-refractivity contribution in [2.24, 2.45) is 5.73 Å². The van der Waals surface area contributed by atoms with Gasteiger partial charge in [0.05, 0.1) is 0 Å². The van der Waals surface area contributed by atoms with E-state index in [1.165, 1.54) is 12.1 Å². The number of nitrogens with two attached hydrogens (primary N) is 1. The molecule has 0 heterocycles. The summed E-state index contributed by atoms with van der Waals surface area (Å²) in [5.41, 5.74) is 4.06. The van der Waals surface area contributed by atoms with Crippen molar-refractivity contribution in [1.82, 2.24) is 0 Å². The lowest BCUT2D eigenvalue weighted by molar-refractivity contribution is -0.171. The molecule has 2 rings (SSSR count). The van der Waals surface area contributed by atoms with E-state index >= 15 is 0 Å². The Kier molecular flexibility index (Phi) is 4.06. The van der Waals surface area contributed by atoms with Crippen molar-refractivity contribution in [2.45, 2.75) is 18.6 Å². The fourth-order valence-corrected chi connectivity index (χ4v) is 1.89. The minimum absolute atomic E-state index is 0.0570. The summed E-state index contributed by atoms with van der Waals surface area (Å²) in [5.74, 6) is 4.71. The molecule has 0 aliphatic heterocycles. The zero-order chi connectivity index (χ0) is 15.5. The number of hydrogen-bond acceptors (Lipinski definition) is 1. The van der Waals surface area contributed by atoms with Crippen LogP contribution in [0.15, 0.2) is 54.6 Å². The van der Waals surface area contributed by atoms with E-state index in [2.05, 4.69) is 11.8 Å². The van der Waals surface area contributed by atoms with Gasteiger partial charge in [0.1, 0.15) is 0 Å². The van der Waals surface area contributed by atoms with Crippen LogP contribution >= 0.6 is 0 Å². The molecule has 0 spiro atoms. The third-order valence-electron chi connectivity index (χ3n) is 3.10. The lowest BCUT2D eigenvalue weighted by atomic mass is 9.89. The number of alkyl halides is 3. The number of rotatable bonds is 1. The van der Waals surface area contributed by atoms with Crippen LogP contribution < -0.4 is 5.73 Å². The highest BCUT2D eigenvalue weighted by atomic mass is 19.4. The Balaban J connectivity index is 2.52. The molecule has 0 saturated heterocycles. The molecule has 1 unspecified atom stereocenters. The van der Waals surface area contributed by atoms with Crippen LogP contribution in [0.25, 0.3) is 0 Å². The molecular formula is C17H14F3N. The summed E-state index contributed by atoms with van der Waals surface area (Å²) in [6.45, 7) is 1.71. The Hall–Kier alpha value is -2.25. The first-order valence-electron chi connectivity index (χ1n) is 6.34. The molecule has 4 heteroatoms. The minimum atomic E-state index is -4.66. The van der Waals surface area contributed by atoms with Crippen LogP contribution in [0.2, 0.25) is 0 Å². The summed E-state index contributed by atoms with van der Waals surface area (Å²) >= 11 is 0. The first kappa shape index (κ1) is 15.1. The van der Waals surface area contributed by atoms with Gasteiger partial charge in [0.15, 0.2) is 5.54 Å². The monoisotopic (exact) mass is 289 g/mol. The Morgan fingerprint density at radius 3 is 2.19 bits per heavy atom. The Morgan fingerprint density at radius 1 is 0.952 bits per heavy atom. The molecule has 0 bridgehead atoms. The van der Waals surface area contributed by atoms with Crippen LogP contribution in [-0.4, -0.2) is 6.18 Å². The van der Waals surface area contributed by atoms with Gasteiger partial charge in [-0.3, -0.25) is 0 Å². The average molecular weight is 289 g/mol. The molecule has 21 heavy (non-hydrogen) atoms. The second-order valence-electron chi connectivity index (χ2n) is 4.79. The standard InChI is InChI=1S/C17H14F3N/c1-13-6-5-9-15(12-13)16(21,17(18,19)20)11-10-14-7-3-2-4-8-14/h2-9,12H,21H2,1H3. The number of hydrogen-bond donors (Lipinski definition) is 1. The van der Waals surface area contributed by atoms with E-state index in [1.807, 2.05) is 0 Å². The van der Waals surface area contributed by atoms with Gasteiger partial charge in [-0.25, -0.2) is 0 Å². The summed E-state index contributed by atoms with van der Waals surface area (Å²) < 4.78 is 40.2. The van der Waals surface area contributed by atoms with E-state index in [9.17, 15) is 13.2 Å². The number of halogens is 3. The van der Waals surface area contributed by atoms with Gasteiger partial charge in [-0.2, -0.15) is 13.2 Å². The molecule has 0 aliphatic rings. The Bertz CT molecular complexity index is 680. The molecule has 2 N–H and O–H groups in total. The van der Waals surface area contributed by atoms with Crippen LogP contribution in [0, 0.1) is 18.8 Å². The largest absolute Gasteiger partial charge is 0.422 e. The molecule has 2 aromatic rings. The maximum atomic E-state index is 13.4. The van der Waals surface area contributed by atoms with Crippen molar-refractivity contribution >= 4 is 0 Å².